The quantitative estimate of drug-likeness (QED) is 0.0662. The van der Waals surface area contributed by atoms with Crippen molar-refractivity contribution in [1.82, 2.24) is 45.5 Å². The Labute approximate surface area is 463 Å². The second kappa shape index (κ2) is 23.7. The molecule has 3 aromatic heterocycles. The SMILES string of the molecule is Cc1ncsc1-c1ccc(CNC(=O)[C@@H]2C[C@@H](O)CN2C(=O)[C@@H](NC(=O)COCCN2CCN(c3ccc([C@H](C)NC(=O)C[C@@H]4N=C(c5ccc(Cl)cc5)c5c(sc(C)c5C)-n5c(C)nnc54)cc3)CC2)C(C)(C)C)cc1. The van der Waals surface area contributed by atoms with E-state index in [-0.39, 0.29) is 50.4 Å². The zero-order chi connectivity index (χ0) is 54.7. The predicted molar refractivity (Wildman–Crippen MR) is 302 cm³/mol. The molecule has 2 saturated heterocycles. The third-order valence-electron chi connectivity index (χ3n) is 14.7. The number of nitrogens with one attached hydrogen (secondary N) is 3. The van der Waals surface area contributed by atoms with Crippen molar-refractivity contribution in [1.29, 1.82) is 0 Å². The molecule has 4 N–H and O–H groups in total. The van der Waals surface area contributed by atoms with Gasteiger partial charge in [-0.1, -0.05) is 80.9 Å². The van der Waals surface area contributed by atoms with Gasteiger partial charge in [0.25, 0.3) is 0 Å². The lowest BCUT2D eigenvalue weighted by Crippen LogP contribution is -2.58. The highest BCUT2D eigenvalue weighted by molar-refractivity contribution is 7.15. The number of thiophene rings is 1. The molecule has 0 spiro atoms. The molecule has 2 fully saturated rings. The molecule has 406 valence electrons. The minimum atomic E-state index is -0.952. The maximum absolute atomic E-state index is 14.1. The van der Waals surface area contributed by atoms with Crippen LogP contribution in [0.2, 0.25) is 5.02 Å². The summed E-state index contributed by atoms with van der Waals surface area (Å²) < 4.78 is 7.89. The van der Waals surface area contributed by atoms with Crippen LogP contribution in [0.4, 0.5) is 5.69 Å². The van der Waals surface area contributed by atoms with Crippen LogP contribution in [0.15, 0.2) is 83.3 Å². The number of aromatic nitrogens is 4. The first kappa shape index (κ1) is 55.4. The van der Waals surface area contributed by atoms with Crippen LogP contribution in [0.5, 0.6) is 0 Å². The summed E-state index contributed by atoms with van der Waals surface area (Å²) in [6.07, 6.45) is -0.674. The van der Waals surface area contributed by atoms with Crippen molar-refractivity contribution in [2.45, 2.75) is 105 Å². The zero-order valence-corrected chi connectivity index (χ0v) is 47.3. The maximum Gasteiger partial charge on any atom is 0.246 e. The summed E-state index contributed by atoms with van der Waals surface area (Å²) in [5.41, 5.74) is 9.99. The molecule has 3 aromatic carbocycles. The first-order valence-corrected chi connectivity index (χ1v) is 28.3. The number of anilines is 1. The number of thiazole rings is 1. The van der Waals surface area contributed by atoms with Gasteiger partial charge in [0.2, 0.25) is 23.6 Å². The molecule has 0 bridgehead atoms. The fraction of sp³-hybridized carbons (Fsp3) is 0.439. The van der Waals surface area contributed by atoms with Gasteiger partial charge in [-0.05, 0) is 86.6 Å². The number of hydrogen-bond donors (Lipinski definition) is 4. The summed E-state index contributed by atoms with van der Waals surface area (Å²) in [5, 5.41) is 30.3. The number of fused-ring (bicyclic) bond motifs is 3. The Kier molecular flexibility index (Phi) is 17.1. The number of amides is 4. The van der Waals surface area contributed by atoms with Gasteiger partial charge in [-0.2, -0.15) is 0 Å². The second-order valence-electron chi connectivity index (χ2n) is 21.3. The van der Waals surface area contributed by atoms with Crippen molar-refractivity contribution in [2.24, 2.45) is 10.4 Å². The van der Waals surface area contributed by atoms with Gasteiger partial charge in [-0.15, -0.1) is 32.9 Å². The predicted octanol–water partition coefficient (Wildman–Crippen LogP) is 7.45. The average Bonchev–Trinajstić information content (AvgIpc) is 4.31. The van der Waals surface area contributed by atoms with Gasteiger partial charge in [0, 0.05) is 78.9 Å². The molecule has 20 heteroatoms. The number of ether oxygens (including phenoxy) is 1. The van der Waals surface area contributed by atoms with Crippen LogP contribution < -0.4 is 20.9 Å². The molecular formula is C57H68ClN11O6S2. The van der Waals surface area contributed by atoms with Crippen molar-refractivity contribution in [2.75, 3.05) is 57.4 Å². The number of carbonyl (C=O) groups excluding carboxylic acids is 4. The fourth-order valence-electron chi connectivity index (χ4n) is 10.2. The third kappa shape index (κ3) is 12.7. The number of hydrogen-bond acceptors (Lipinski definition) is 14. The lowest BCUT2D eigenvalue weighted by Gasteiger charge is -2.36. The van der Waals surface area contributed by atoms with Crippen molar-refractivity contribution < 1.29 is 29.0 Å². The largest absolute Gasteiger partial charge is 0.391 e. The first-order chi connectivity index (χ1) is 36.8. The molecule has 77 heavy (non-hydrogen) atoms. The van der Waals surface area contributed by atoms with Crippen LogP contribution in [-0.2, 0) is 30.5 Å². The Bertz CT molecular complexity index is 3120. The summed E-state index contributed by atoms with van der Waals surface area (Å²) in [5.74, 6) is 0.00957. The third-order valence-corrected chi connectivity index (χ3v) is 17.2. The summed E-state index contributed by atoms with van der Waals surface area (Å²) in [4.78, 5) is 72.7. The van der Waals surface area contributed by atoms with Crippen LogP contribution in [0.25, 0.3) is 15.4 Å². The number of likely N-dealkylation sites (tertiary alicyclic amines) is 1. The van der Waals surface area contributed by atoms with E-state index in [1.807, 2.05) is 95.6 Å². The van der Waals surface area contributed by atoms with E-state index in [1.165, 1.54) is 9.78 Å². The number of aryl methyl sites for hydroxylation is 3. The Hall–Kier alpha value is -6.35. The summed E-state index contributed by atoms with van der Waals surface area (Å²) >= 11 is 9.54. The molecule has 0 unspecified atom stereocenters. The van der Waals surface area contributed by atoms with Gasteiger partial charge in [0.1, 0.15) is 35.6 Å². The van der Waals surface area contributed by atoms with Gasteiger partial charge in [-0.3, -0.25) is 33.6 Å². The number of aliphatic imine (C=N–C) groups is 1. The number of rotatable bonds is 17. The van der Waals surface area contributed by atoms with Crippen molar-refractivity contribution in [3.63, 3.8) is 0 Å². The molecule has 5 atom stereocenters. The maximum atomic E-state index is 14.1. The normalized spacial score (nSPS) is 18.5. The number of carbonyl (C=O) groups is 4. The highest BCUT2D eigenvalue weighted by atomic mass is 35.5. The van der Waals surface area contributed by atoms with E-state index in [2.05, 4.69) is 83.6 Å². The van der Waals surface area contributed by atoms with E-state index in [0.717, 1.165) is 92.4 Å². The second-order valence-corrected chi connectivity index (χ2v) is 23.8. The zero-order valence-electron chi connectivity index (χ0n) is 44.9. The van der Waals surface area contributed by atoms with Gasteiger partial charge >= 0.3 is 0 Å². The smallest absolute Gasteiger partial charge is 0.246 e. The summed E-state index contributed by atoms with van der Waals surface area (Å²) in [6, 6.07) is 21.2. The van der Waals surface area contributed by atoms with Gasteiger partial charge < -0.3 is 35.6 Å². The number of aliphatic hydroxyl groups is 1. The standard InChI is InChI=1S/C57H68ClN11O6S2/c1-33-36(4)77-56-49(33)50(40-13-17-42(58)18-14-40)62-45(53-65-64-37(5)69(53)56)28-47(71)61-34(2)39-15-19-43(20-16-39)67-23-21-66(22-24-67)25-26-75-31-48(72)63-52(57(6,7)8)55(74)68-30-44(70)27-46(68)54(73)59-29-38-9-11-41(12-10-38)51-35(3)60-32-76-51/h9-20,32,34,44-46,52,70H,21-31H2,1-8H3,(H,59,73)(H,61,71)(H,63,72)/t34-,44+,45-,46-,52+/m0/s1. The minimum Gasteiger partial charge on any atom is -0.391 e. The summed E-state index contributed by atoms with van der Waals surface area (Å²) in [7, 11) is 0. The molecule has 3 aliphatic rings. The van der Waals surface area contributed by atoms with Gasteiger partial charge in [0.05, 0.1) is 47.0 Å². The number of piperazine rings is 1. The van der Waals surface area contributed by atoms with Crippen LogP contribution in [0.3, 0.4) is 0 Å². The fourth-order valence-corrected chi connectivity index (χ4v) is 12.4. The molecule has 6 aromatic rings. The molecule has 0 aliphatic carbocycles. The molecule has 3 aliphatic heterocycles. The summed E-state index contributed by atoms with van der Waals surface area (Å²) in [6.45, 7) is 19.9. The lowest BCUT2D eigenvalue weighted by atomic mass is 9.85. The lowest BCUT2D eigenvalue weighted by molar-refractivity contribution is -0.144. The Morgan fingerprint density at radius 3 is 2.26 bits per heavy atom. The van der Waals surface area contributed by atoms with E-state index in [1.54, 1.807) is 22.7 Å². The van der Waals surface area contributed by atoms with E-state index in [0.29, 0.717) is 24.0 Å². The van der Waals surface area contributed by atoms with Crippen LogP contribution in [0.1, 0.15) is 103 Å². The Morgan fingerprint density at radius 1 is 0.883 bits per heavy atom. The monoisotopic (exact) mass is 1100 g/mol. The molecule has 9 rings (SSSR count). The molecule has 6 heterocycles. The first-order valence-electron chi connectivity index (χ1n) is 26.2. The molecule has 4 amide bonds. The van der Waals surface area contributed by atoms with E-state index in [4.69, 9.17) is 21.3 Å². The van der Waals surface area contributed by atoms with Crippen molar-refractivity contribution in [3.8, 4) is 15.4 Å². The molecular weight excluding hydrogens is 1030 g/mol. The highest BCUT2D eigenvalue weighted by Crippen LogP contribution is 2.40. The van der Waals surface area contributed by atoms with E-state index < -0.39 is 41.5 Å². The van der Waals surface area contributed by atoms with Gasteiger partial charge in [-0.25, -0.2) is 4.98 Å². The number of β-amino-alcohol motifs (C(OH)–C–C–N with tert-alkyl or cyclic N) is 1. The minimum absolute atomic E-state index is 0.00770. The molecule has 17 nitrogen and oxygen atoms in total. The highest BCUT2D eigenvalue weighted by Gasteiger charge is 2.44. The van der Waals surface area contributed by atoms with Crippen LogP contribution in [-0.4, -0.2) is 135 Å². The molecule has 0 saturated carbocycles. The van der Waals surface area contributed by atoms with E-state index >= 15 is 0 Å². The van der Waals surface area contributed by atoms with Crippen LogP contribution >= 0.6 is 34.3 Å². The number of nitrogens with zero attached hydrogens (tertiary/aromatic N) is 8. The average molecular weight is 1100 g/mol. The van der Waals surface area contributed by atoms with Crippen molar-refractivity contribution in [3.05, 3.63) is 133 Å². The Balaban J connectivity index is 0.718. The molecule has 0 radical (unpaired) electrons. The van der Waals surface area contributed by atoms with Crippen molar-refractivity contribution >= 4 is 69.3 Å². The number of aliphatic hydroxyl groups excluding tert-OH is 1. The number of benzene rings is 3. The number of halogens is 1. The van der Waals surface area contributed by atoms with Gasteiger partial charge in [0.15, 0.2) is 5.82 Å². The Morgan fingerprint density at radius 2 is 1.58 bits per heavy atom. The van der Waals surface area contributed by atoms with Crippen LogP contribution in [0, 0.1) is 33.1 Å². The van der Waals surface area contributed by atoms with E-state index in [9.17, 15) is 24.3 Å². The topological polar surface area (TPSA) is 200 Å².